The number of rotatable bonds is 20. The third kappa shape index (κ3) is 11.4. The number of aryl methyl sites for hydroxylation is 2. The number of benzene rings is 2. The summed E-state index contributed by atoms with van der Waals surface area (Å²) >= 11 is 0. The molecule has 7 rings (SSSR count). The van der Waals surface area contributed by atoms with Crippen LogP contribution in [0.25, 0.3) is 22.2 Å². The fourth-order valence-corrected chi connectivity index (χ4v) is 9.49. The van der Waals surface area contributed by atoms with Gasteiger partial charge in [-0.3, -0.25) is 34.0 Å². The van der Waals surface area contributed by atoms with Crippen molar-refractivity contribution in [3.05, 3.63) is 81.5 Å². The fraction of sp³-hybridized carbons (Fsp3) is 0.542. The monoisotopic (exact) mass is 887 g/mol. The Hall–Kier alpha value is -5.51. The van der Waals surface area contributed by atoms with Crippen LogP contribution in [0.3, 0.4) is 0 Å². The smallest absolute Gasteiger partial charge is 0.385 e. The van der Waals surface area contributed by atoms with Gasteiger partial charge in [0.05, 0.1) is 17.6 Å². The van der Waals surface area contributed by atoms with Crippen molar-refractivity contribution in [3.8, 4) is 11.1 Å². The molecule has 5 heterocycles. The van der Waals surface area contributed by atoms with Crippen molar-refractivity contribution in [2.24, 2.45) is 7.05 Å². The average Bonchev–Trinajstić information content (AvgIpc) is 3.80. The molecule has 3 aliphatic heterocycles. The van der Waals surface area contributed by atoms with Crippen molar-refractivity contribution in [2.45, 2.75) is 135 Å². The highest BCUT2D eigenvalue weighted by Gasteiger charge is 2.40. The number of piperidine rings is 2. The Balaban J connectivity index is 0.773. The van der Waals surface area contributed by atoms with Crippen molar-refractivity contribution in [2.75, 3.05) is 31.6 Å². The van der Waals surface area contributed by atoms with Crippen LogP contribution in [0.5, 0.6) is 0 Å². The number of carbonyl (C=O) groups excluding carboxylic acids is 4. The van der Waals surface area contributed by atoms with Crippen LogP contribution < -0.4 is 16.2 Å². The van der Waals surface area contributed by atoms with Gasteiger partial charge in [0.1, 0.15) is 11.9 Å². The Morgan fingerprint density at radius 3 is 2.28 bits per heavy atom. The number of alkyl halides is 3. The van der Waals surface area contributed by atoms with Gasteiger partial charge in [-0.05, 0) is 80.5 Å². The zero-order valence-electron chi connectivity index (χ0n) is 36.9. The van der Waals surface area contributed by atoms with Gasteiger partial charge in [0, 0.05) is 87.1 Å². The number of pyridine rings is 1. The topological polar surface area (TPSA) is 148 Å². The van der Waals surface area contributed by atoms with Crippen molar-refractivity contribution in [3.63, 3.8) is 0 Å². The van der Waals surface area contributed by atoms with Crippen LogP contribution >= 0.6 is 0 Å². The van der Waals surface area contributed by atoms with Gasteiger partial charge in [0.15, 0.2) is 0 Å². The van der Waals surface area contributed by atoms with E-state index in [9.17, 15) is 37.1 Å². The number of likely N-dealkylation sites (tertiary alicyclic amines) is 1. The Morgan fingerprint density at radius 2 is 1.59 bits per heavy atom. The molecular weight excluding hydrogens is 828 g/mol. The second-order valence-corrected chi connectivity index (χ2v) is 17.5. The molecule has 0 radical (unpaired) electrons. The molecule has 13 nitrogen and oxygen atoms in total. The molecule has 2 N–H and O–H groups in total. The minimum absolute atomic E-state index is 0.0212. The number of unbranched alkanes of at least 4 members (excludes halogenated alkanes) is 9. The molecule has 2 saturated heterocycles. The number of fused-ring (bicyclic) bond motifs is 2. The lowest BCUT2D eigenvalue weighted by molar-refractivity contribution is -0.325. The molecule has 4 aromatic rings. The van der Waals surface area contributed by atoms with Crippen LogP contribution in [0.4, 0.5) is 18.9 Å². The number of hydrogen-bond donors (Lipinski definition) is 2. The summed E-state index contributed by atoms with van der Waals surface area (Å²) in [5.41, 5.74) is 5.96. The maximum absolute atomic E-state index is 13.2. The molecule has 0 aliphatic carbocycles. The van der Waals surface area contributed by atoms with Crippen LogP contribution in [0.15, 0.2) is 53.5 Å². The van der Waals surface area contributed by atoms with E-state index in [0.717, 1.165) is 73.9 Å². The first-order valence-electron chi connectivity index (χ1n) is 22.9. The van der Waals surface area contributed by atoms with Gasteiger partial charge in [-0.25, -0.2) is 4.98 Å². The van der Waals surface area contributed by atoms with Crippen LogP contribution in [0, 0.1) is 6.92 Å². The first-order valence-corrected chi connectivity index (χ1v) is 22.9. The third-order valence-electron chi connectivity index (χ3n) is 13.0. The summed E-state index contributed by atoms with van der Waals surface area (Å²) in [4.78, 5) is 70.9. The van der Waals surface area contributed by atoms with Crippen molar-refractivity contribution in [1.29, 1.82) is 0 Å². The zero-order valence-corrected chi connectivity index (χ0v) is 36.9. The van der Waals surface area contributed by atoms with E-state index in [1.165, 1.54) is 23.8 Å². The summed E-state index contributed by atoms with van der Waals surface area (Å²) in [6, 6.07) is 12.5. The van der Waals surface area contributed by atoms with Gasteiger partial charge in [0.2, 0.25) is 17.7 Å². The highest BCUT2D eigenvalue weighted by Crippen LogP contribution is 2.34. The largest absolute Gasteiger partial charge is 0.522 e. The predicted molar refractivity (Wildman–Crippen MR) is 237 cm³/mol. The first-order chi connectivity index (χ1) is 30.8. The van der Waals surface area contributed by atoms with Crippen molar-refractivity contribution < 1.29 is 37.1 Å². The molecule has 16 heteroatoms. The van der Waals surface area contributed by atoms with Gasteiger partial charge >= 0.3 is 6.36 Å². The van der Waals surface area contributed by atoms with E-state index in [-0.39, 0.29) is 42.2 Å². The molecule has 2 aromatic heterocycles. The van der Waals surface area contributed by atoms with Gasteiger partial charge < -0.3 is 24.3 Å². The minimum atomic E-state index is -4.74. The van der Waals surface area contributed by atoms with E-state index < -0.39 is 24.9 Å². The summed E-state index contributed by atoms with van der Waals surface area (Å²) in [6.45, 7) is 3.47. The van der Waals surface area contributed by atoms with E-state index in [2.05, 4.69) is 15.4 Å². The number of halogens is 3. The molecule has 2 fully saturated rings. The third-order valence-corrected chi connectivity index (χ3v) is 13.0. The van der Waals surface area contributed by atoms with E-state index in [1.54, 1.807) is 31.1 Å². The second-order valence-electron chi connectivity index (χ2n) is 17.5. The number of nitrogens with one attached hydrogen (secondary N) is 2. The van der Waals surface area contributed by atoms with Gasteiger partial charge in [0.25, 0.3) is 11.5 Å². The van der Waals surface area contributed by atoms with Gasteiger partial charge in [-0.15, -0.1) is 13.2 Å². The highest BCUT2D eigenvalue weighted by molar-refractivity contribution is 6.06. The molecular formula is C48H60F3N7O6. The summed E-state index contributed by atoms with van der Waals surface area (Å²) in [6.07, 6.45) is 10.4. The molecule has 2 aromatic carbocycles. The first kappa shape index (κ1) is 46.5. The highest BCUT2D eigenvalue weighted by atomic mass is 19.4. The van der Waals surface area contributed by atoms with Crippen molar-refractivity contribution >= 4 is 40.3 Å². The molecule has 1 atom stereocenters. The van der Waals surface area contributed by atoms with Crippen LogP contribution in [-0.2, 0) is 39.3 Å². The number of hydrogen-bond acceptors (Lipinski definition) is 8. The van der Waals surface area contributed by atoms with E-state index in [1.807, 2.05) is 45.9 Å². The van der Waals surface area contributed by atoms with Crippen LogP contribution in [0.1, 0.15) is 130 Å². The minimum Gasteiger partial charge on any atom is -0.385 e. The average molecular weight is 888 g/mol. The maximum atomic E-state index is 13.2. The number of amides is 4. The lowest BCUT2D eigenvalue weighted by Gasteiger charge is -2.32. The van der Waals surface area contributed by atoms with Crippen LogP contribution in [-0.4, -0.2) is 86.2 Å². The second kappa shape index (κ2) is 21.0. The number of imide groups is 1. The lowest BCUT2D eigenvalue weighted by Crippen LogP contribution is -2.52. The summed E-state index contributed by atoms with van der Waals surface area (Å²) < 4.78 is 46.5. The summed E-state index contributed by atoms with van der Waals surface area (Å²) in [7, 11) is 1.69. The molecule has 0 bridgehead atoms. The molecule has 1 unspecified atom stereocenters. The normalized spacial score (nSPS) is 17.1. The number of carbonyl (C=O) groups is 4. The number of ether oxygens (including phenoxy) is 1. The predicted octanol–water partition coefficient (Wildman–Crippen LogP) is 8.12. The lowest BCUT2D eigenvalue weighted by atomic mass is 9.95. The number of anilines is 1. The molecule has 64 heavy (non-hydrogen) atoms. The standard InChI is InChI=1S/C48H60F3N7O6/c1-32-28-35(30-55(2)46(32)62)34-17-18-39-41(29-34)57(26-27-64-48(49,50)51)44(53-39)33-21-24-56(25-22-33)43(60)16-11-9-7-5-3-4-6-8-10-12-23-52-38-15-13-14-36-37(38)31-58(47(36)63)40-19-20-42(59)54-45(40)61/h13-15,17-18,28-30,33,40,52H,3-12,16,19-27,31H2,1-2H3,(H,54,59,61). The molecule has 0 saturated carbocycles. The zero-order chi connectivity index (χ0) is 45.4. The Morgan fingerprint density at radius 1 is 0.891 bits per heavy atom. The Labute approximate surface area is 371 Å². The molecule has 4 amide bonds. The summed E-state index contributed by atoms with van der Waals surface area (Å²) in [5.74, 6) is -0.0358. The van der Waals surface area contributed by atoms with Gasteiger partial charge in [-0.1, -0.05) is 63.5 Å². The van der Waals surface area contributed by atoms with Gasteiger partial charge in [-0.2, -0.15) is 0 Å². The molecule has 3 aliphatic rings. The van der Waals surface area contributed by atoms with E-state index in [4.69, 9.17) is 4.98 Å². The Bertz CT molecular complexity index is 2360. The van der Waals surface area contributed by atoms with E-state index in [0.29, 0.717) is 73.3 Å². The quantitative estimate of drug-likeness (QED) is 0.0669. The van der Waals surface area contributed by atoms with Crippen molar-refractivity contribution in [1.82, 2.24) is 29.2 Å². The maximum Gasteiger partial charge on any atom is 0.522 e. The van der Waals surface area contributed by atoms with Crippen LogP contribution in [0.2, 0.25) is 0 Å². The Kier molecular flexibility index (Phi) is 15.2. The number of nitrogens with zero attached hydrogens (tertiary/aromatic N) is 5. The number of aromatic nitrogens is 3. The van der Waals surface area contributed by atoms with E-state index >= 15 is 0 Å². The molecule has 344 valence electrons. The SMILES string of the molecule is Cc1cc(-c2ccc3nc(C4CCN(C(=O)CCCCCCCCCCCCNc5cccc6c5CN(C5CCC(=O)NC5=O)C6=O)CC4)n(CCOC(F)(F)F)c3c2)cn(C)c1=O. The molecule has 0 spiro atoms. The fourth-order valence-electron chi connectivity index (χ4n) is 9.49. The summed E-state index contributed by atoms with van der Waals surface area (Å²) in [5, 5.41) is 5.85. The number of imidazole rings is 1.